The van der Waals surface area contributed by atoms with Gasteiger partial charge >= 0.3 is 0 Å². The van der Waals surface area contributed by atoms with Gasteiger partial charge in [0.25, 0.3) is 0 Å². The van der Waals surface area contributed by atoms with Crippen molar-refractivity contribution in [2.75, 3.05) is 0 Å². The summed E-state index contributed by atoms with van der Waals surface area (Å²) in [6.45, 7) is 7.68. The summed E-state index contributed by atoms with van der Waals surface area (Å²) in [5, 5.41) is 0. The van der Waals surface area contributed by atoms with Crippen LogP contribution >= 0.6 is 0 Å². The average molecular weight is 125 g/mol. The van der Waals surface area contributed by atoms with Crippen LogP contribution in [0.5, 0.6) is 0 Å². The van der Waals surface area contributed by atoms with E-state index in [9.17, 15) is 0 Å². The van der Waals surface area contributed by atoms with E-state index in [1.54, 1.807) is 6.08 Å². The van der Waals surface area contributed by atoms with Gasteiger partial charge in [-0.05, 0) is 13.3 Å². The van der Waals surface area contributed by atoms with E-state index in [1.165, 1.54) is 5.57 Å². The Morgan fingerprint density at radius 2 is 2.33 bits per heavy atom. The predicted octanol–water partition coefficient (Wildman–Crippen LogP) is 1.86. The van der Waals surface area contributed by atoms with Crippen molar-refractivity contribution in [1.82, 2.24) is 0 Å². The van der Waals surface area contributed by atoms with Crippen molar-refractivity contribution < 1.29 is 0 Å². The Labute approximate surface area is 57.3 Å². The molecule has 0 saturated carbocycles. The van der Waals surface area contributed by atoms with Crippen molar-refractivity contribution in [3.63, 3.8) is 0 Å². The van der Waals surface area contributed by atoms with Gasteiger partial charge in [0.15, 0.2) is 0 Å². The summed E-state index contributed by atoms with van der Waals surface area (Å²) in [6, 6.07) is 0.211. The zero-order chi connectivity index (χ0) is 7.28. The van der Waals surface area contributed by atoms with E-state index in [1.807, 2.05) is 13.0 Å². The van der Waals surface area contributed by atoms with Crippen molar-refractivity contribution in [3.8, 4) is 0 Å². The van der Waals surface area contributed by atoms with Crippen molar-refractivity contribution in [2.24, 2.45) is 5.73 Å². The molecule has 0 fully saturated rings. The zero-order valence-corrected chi connectivity index (χ0v) is 6.22. The molecule has 0 bridgehead atoms. The summed E-state index contributed by atoms with van der Waals surface area (Å²) >= 11 is 0. The van der Waals surface area contributed by atoms with Gasteiger partial charge in [0.05, 0.1) is 0 Å². The molecule has 0 aliphatic rings. The summed E-state index contributed by atoms with van der Waals surface area (Å²) in [4.78, 5) is 0. The highest BCUT2D eigenvalue weighted by atomic mass is 14.6. The SMILES string of the molecule is C=C/C=C(/C)C(N)CC. The van der Waals surface area contributed by atoms with Crippen LogP contribution in [0.3, 0.4) is 0 Å². The van der Waals surface area contributed by atoms with E-state index >= 15 is 0 Å². The third-order valence-corrected chi connectivity index (χ3v) is 1.41. The van der Waals surface area contributed by atoms with Gasteiger partial charge in [0, 0.05) is 6.04 Å². The molecule has 9 heavy (non-hydrogen) atoms. The van der Waals surface area contributed by atoms with Crippen molar-refractivity contribution in [3.05, 3.63) is 24.3 Å². The summed E-state index contributed by atoms with van der Waals surface area (Å²) in [6.07, 6.45) is 4.72. The monoisotopic (exact) mass is 125 g/mol. The summed E-state index contributed by atoms with van der Waals surface area (Å²) in [5.74, 6) is 0. The second kappa shape index (κ2) is 4.33. The first-order valence-corrected chi connectivity index (χ1v) is 3.27. The van der Waals surface area contributed by atoms with Crippen LogP contribution in [-0.4, -0.2) is 6.04 Å². The van der Waals surface area contributed by atoms with Crippen molar-refractivity contribution in [2.45, 2.75) is 26.3 Å². The highest BCUT2D eigenvalue weighted by molar-refractivity contribution is 5.12. The Bertz CT molecular complexity index is 114. The maximum Gasteiger partial charge on any atom is 0.0251 e. The fourth-order valence-corrected chi connectivity index (χ4v) is 0.631. The van der Waals surface area contributed by atoms with E-state index in [0.29, 0.717) is 0 Å². The maximum absolute atomic E-state index is 5.69. The molecule has 0 heterocycles. The van der Waals surface area contributed by atoms with Crippen LogP contribution in [0, 0.1) is 0 Å². The van der Waals surface area contributed by atoms with E-state index in [0.717, 1.165) is 6.42 Å². The molecule has 0 aromatic rings. The molecule has 2 N–H and O–H groups in total. The minimum atomic E-state index is 0.211. The number of hydrogen-bond donors (Lipinski definition) is 1. The van der Waals surface area contributed by atoms with Gasteiger partial charge in [-0.15, -0.1) is 0 Å². The molecule has 0 aromatic heterocycles. The number of hydrogen-bond acceptors (Lipinski definition) is 1. The molecular formula is C8H15N. The lowest BCUT2D eigenvalue weighted by atomic mass is 10.1. The third-order valence-electron chi connectivity index (χ3n) is 1.41. The molecule has 0 radical (unpaired) electrons. The lowest BCUT2D eigenvalue weighted by Crippen LogP contribution is -2.19. The van der Waals surface area contributed by atoms with Gasteiger partial charge in [-0.1, -0.05) is 31.2 Å². The van der Waals surface area contributed by atoms with E-state index in [4.69, 9.17) is 5.73 Å². The van der Waals surface area contributed by atoms with Crippen molar-refractivity contribution >= 4 is 0 Å². The topological polar surface area (TPSA) is 26.0 Å². The van der Waals surface area contributed by atoms with Crippen molar-refractivity contribution in [1.29, 1.82) is 0 Å². The van der Waals surface area contributed by atoms with Crippen LogP contribution in [0.4, 0.5) is 0 Å². The largest absolute Gasteiger partial charge is 0.324 e. The molecule has 0 rings (SSSR count). The Kier molecular flexibility index (Phi) is 4.06. The highest BCUT2D eigenvalue weighted by Crippen LogP contribution is 2.01. The Morgan fingerprint density at radius 3 is 2.67 bits per heavy atom. The lowest BCUT2D eigenvalue weighted by Gasteiger charge is -2.06. The second-order valence-corrected chi connectivity index (χ2v) is 2.16. The molecule has 52 valence electrons. The lowest BCUT2D eigenvalue weighted by molar-refractivity contribution is 0.740. The number of rotatable bonds is 3. The number of allylic oxidation sites excluding steroid dienone is 2. The van der Waals surface area contributed by atoms with Crippen LogP contribution < -0.4 is 5.73 Å². The first kappa shape index (κ1) is 8.44. The highest BCUT2D eigenvalue weighted by Gasteiger charge is 1.97. The average Bonchev–Trinajstić information content (AvgIpc) is 1.87. The molecule has 0 aromatic carbocycles. The third kappa shape index (κ3) is 3.09. The van der Waals surface area contributed by atoms with E-state index < -0.39 is 0 Å². The molecule has 1 heteroatoms. The summed E-state index contributed by atoms with van der Waals surface area (Å²) in [5.41, 5.74) is 6.89. The van der Waals surface area contributed by atoms with Gasteiger partial charge in [-0.25, -0.2) is 0 Å². The molecule has 1 nitrogen and oxygen atoms in total. The predicted molar refractivity (Wildman–Crippen MR) is 42.2 cm³/mol. The first-order chi connectivity index (χ1) is 4.22. The standard InChI is InChI=1S/C8H15N/c1-4-6-7(3)8(9)5-2/h4,6,8H,1,5,9H2,2-3H3/b7-6-. The van der Waals surface area contributed by atoms with Crippen LogP contribution in [-0.2, 0) is 0 Å². The fourth-order valence-electron chi connectivity index (χ4n) is 0.631. The van der Waals surface area contributed by atoms with Gasteiger partial charge in [-0.3, -0.25) is 0 Å². The smallest absolute Gasteiger partial charge is 0.0251 e. The fraction of sp³-hybridized carbons (Fsp3) is 0.500. The number of nitrogens with two attached hydrogens (primary N) is 1. The summed E-state index contributed by atoms with van der Waals surface area (Å²) < 4.78 is 0. The van der Waals surface area contributed by atoms with Gasteiger partial charge in [0.1, 0.15) is 0 Å². The van der Waals surface area contributed by atoms with Gasteiger partial charge < -0.3 is 5.73 Å². The van der Waals surface area contributed by atoms with Crippen LogP contribution in [0.25, 0.3) is 0 Å². The molecular weight excluding hydrogens is 110 g/mol. The van der Waals surface area contributed by atoms with Gasteiger partial charge in [-0.2, -0.15) is 0 Å². The molecule has 0 aliphatic heterocycles. The Balaban J connectivity index is 3.84. The van der Waals surface area contributed by atoms with Crippen LogP contribution in [0.1, 0.15) is 20.3 Å². The molecule has 1 unspecified atom stereocenters. The van der Waals surface area contributed by atoms with Crippen LogP contribution in [0.2, 0.25) is 0 Å². The molecule has 0 spiro atoms. The second-order valence-electron chi connectivity index (χ2n) is 2.16. The van der Waals surface area contributed by atoms with E-state index in [2.05, 4.69) is 13.5 Å². The minimum Gasteiger partial charge on any atom is -0.324 e. The van der Waals surface area contributed by atoms with Crippen LogP contribution in [0.15, 0.2) is 24.3 Å². The van der Waals surface area contributed by atoms with E-state index in [-0.39, 0.29) is 6.04 Å². The normalized spacial score (nSPS) is 15.2. The molecule has 0 amide bonds. The first-order valence-electron chi connectivity index (χ1n) is 3.27. The molecule has 0 saturated heterocycles. The van der Waals surface area contributed by atoms with Gasteiger partial charge in [0.2, 0.25) is 0 Å². The molecule has 0 aliphatic carbocycles. The quantitative estimate of drug-likeness (QED) is 0.572. The Morgan fingerprint density at radius 1 is 1.78 bits per heavy atom. The molecule has 1 atom stereocenters. The zero-order valence-electron chi connectivity index (χ0n) is 6.22. The minimum absolute atomic E-state index is 0.211. The summed E-state index contributed by atoms with van der Waals surface area (Å²) in [7, 11) is 0. The maximum atomic E-state index is 5.69. The Hall–Kier alpha value is -0.560.